The lowest BCUT2D eigenvalue weighted by molar-refractivity contribution is 0.0601. The summed E-state index contributed by atoms with van der Waals surface area (Å²) in [5.74, 6) is -0.261. The lowest BCUT2D eigenvalue weighted by Gasteiger charge is -2.18. The molecule has 0 amide bonds. The fraction of sp³-hybridized carbons (Fsp3) is 0.333. The first kappa shape index (κ1) is 20.7. The molecule has 0 fully saturated rings. The molecule has 27 heavy (non-hydrogen) atoms. The largest absolute Gasteiger partial charge is 0.465 e. The van der Waals surface area contributed by atoms with Gasteiger partial charge in [0.1, 0.15) is 10.8 Å². The van der Waals surface area contributed by atoms with Gasteiger partial charge < -0.3 is 15.4 Å². The summed E-state index contributed by atoms with van der Waals surface area (Å²) in [7, 11) is 1.37. The third kappa shape index (κ3) is 4.52. The molecule has 0 saturated carbocycles. The van der Waals surface area contributed by atoms with Gasteiger partial charge in [-0.2, -0.15) is 0 Å². The average Bonchev–Trinajstić information content (AvgIpc) is 2.94. The van der Waals surface area contributed by atoms with Crippen LogP contribution in [0.4, 0.5) is 15.1 Å². The highest BCUT2D eigenvalue weighted by molar-refractivity contribution is 9.11. The standard InChI is InChI=1S/C18H17Br2FN2O2S2/c1-8-3-4-10-13(5-8)27-16(14(10)17(24)25-2)23-18(26)22-15-11(20)6-9(19)7-12(15)21/h6-8H,3-5H2,1-2H3,(H2,22,23,26). The zero-order valence-corrected chi connectivity index (χ0v) is 19.4. The SMILES string of the molecule is COC(=O)c1c(NC(=S)Nc2c(F)cc(Br)cc2Br)sc2c1CCC(C)C2. The van der Waals surface area contributed by atoms with Gasteiger partial charge in [-0.3, -0.25) is 0 Å². The fourth-order valence-electron chi connectivity index (χ4n) is 3.07. The van der Waals surface area contributed by atoms with Crippen molar-refractivity contribution in [3.05, 3.63) is 42.9 Å². The molecule has 4 nitrogen and oxygen atoms in total. The minimum absolute atomic E-state index is 0.203. The average molecular weight is 536 g/mol. The normalized spacial score (nSPS) is 15.8. The smallest absolute Gasteiger partial charge is 0.341 e. The number of hydrogen-bond acceptors (Lipinski definition) is 4. The Kier molecular flexibility index (Phi) is 6.55. The van der Waals surface area contributed by atoms with Crippen molar-refractivity contribution < 1.29 is 13.9 Å². The zero-order valence-electron chi connectivity index (χ0n) is 14.6. The van der Waals surface area contributed by atoms with Gasteiger partial charge >= 0.3 is 5.97 Å². The summed E-state index contributed by atoms with van der Waals surface area (Å²) < 4.78 is 20.3. The first-order chi connectivity index (χ1) is 12.8. The first-order valence-electron chi connectivity index (χ1n) is 8.25. The zero-order chi connectivity index (χ0) is 19.7. The molecule has 0 radical (unpaired) electrons. The minimum Gasteiger partial charge on any atom is -0.465 e. The van der Waals surface area contributed by atoms with Gasteiger partial charge in [-0.15, -0.1) is 11.3 Å². The van der Waals surface area contributed by atoms with Crippen LogP contribution in [-0.4, -0.2) is 18.2 Å². The topological polar surface area (TPSA) is 50.4 Å². The molecule has 0 aliphatic heterocycles. The number of thiophene rings is 1. The molecule has 144 valence electrons. The second-order valence-electron chi connectivity index (χ2n) is 6.37. The minimum atomic E-state index is -0.451. The molecule has 1 unspecified atom stereocenters. The van der Waals surface area contributed by atoms with E-state index in [1.807, 2.05) is 0 Å². The Morgan fingerprint density at radius 3 is 2.78 bits per heavy atom. The number of halogens is 3. The molecule has 1 aromatic carbocycles. The van der Waals surface area contributed by atoms with Crippen LogP contribution in [0.3, 0.4) is 0 Å². The quantitative estimate of drug-likeness (QED) is 0.365. The van der Waals surface area contributed by atoms with Gasteiger partial charge in [-0.05, 0) is 71.0 Å². The van der Waals surface area contributed by atoms with E-state index in [0.29, 0.717) is 25.4 Å². The number of carbonyl (C=O) groups excluding carboxylic acids is 1. The molecule has 1 aliphatic carbocycles. The molecule has 2 N–H and O–H groups in total. The predicted octanol–water partition coefficient (Wildman–Crippen LogP) is 6.13. The van der Waals surface area contributed by atoms with E-state index in [-0.39, 0.29) is 16.8 Å². The van der Waals surface area contributed by atoms with Crippen molar-refractivity contribution in [2.45, 2.75) is 26.2 Å². The van der Waals surface area contributed by atoms with Gasteiger partial charge in [0.05, 0.1) is 18.4 Å². The lowest BCUT2D eigenvalue weighted by Crippen LogP contribution is -2.21. The summed E-state index contributed by atoms with van der Waals surface area (Å²) in [6.45, 7) is 2.20. The molecule has 2 aromatic rings. The summed E-state index contributed by atoms with van der Waals surface area (Å²) in [5.41, 5.74) is 1.79. The third-order valence-corrected chi connectivity index (χ3v) is 6.83. The molecular weight excluding hydrogens is 519 g/mol. The summed E-state index contributed by atoms with van der Waals surface area (Å²) in [6, 6.07) is 3.07. The third-order valence-electron chi connectivity index (χ3n) is 4.37. The Hall–Kier alpha value is -1.03. The highest BCUT2D eigenvalue weighted by Gasteiger charge is 2.28. The first-order valence-corrected chi connectivity index (χ1v) is 11.1. The maximum Gasteiger partial charge on any atom is 0.341 e. The van der Waals surface area contributed by atoms with Crippen molar-refractivity contribution in [1.29, 1.82) is 0 Å². The number of carbonyl (C=O) groups is 1. The monoisotopic (exact) mass is 534 g/mol. The van der Waals surface area contributed by atoms with Crippen LogP contribution in [0.2, 0.25) is 0 Å². The molecule has 1 aliphatic rings. The second-order valence-corrected chi connectivity index (χ2v) is 9.65. The Balaban J connectivity index is 1.87. The van der Waals surface area contributed by atoms with Gasteiger partial charge in [0.25, 0.3) is 0 Å². The number of benzene rings is 1. The molecule has 0 bridgehead atoms. The van der Waals surface area contributed by atoms with E-state index in [9.17, 15) is 9.18 Å². The van der Waals surface area contributed by atoms with Crippen LogP contribution in [0, 0.1) is 11.7 Å². The number of ether oxygens (including phenoxy) is 1. The van der Waals surface area contributed by atoms with Crippen LogP contribution in [0.15, 0.2) is 21.1 Å². The highest BCUT2D eigenvalue weighted by atomic mass is 79.9. The molecule has 0 spiro atoms. The molecular formula is C18H17Br2FN2O2S2. The van der Waals surface area contributed by atoms with Crippen molar-refractivity contribution in [1.82, 2.24) is 0 Å². The summed E-state index contributed by atoms with van der Waals surface area (Å²) in [4.78, 5) is 13.5. The molecule has 0 saturated heterocycles. The molecule has 1 atom stereocenters. The van der Waals surface area contributed by atoms with E-state index in [0.717, 1.165) is 24.8 Å². The van der Waals surface area contributed by atoms with Crippen LogP contribution in [0.5, 0.6) is 0 Å². The van der Waals surface area contributed by atoms with Gasteiger partial charge in [0.15, 0.2) is 5.11 Å². The second kappa shape index (κ2) is 8.55. The summed E-state index contributed by atoms with van der Waals surface area (Å²) >= 11 is 13.4. The van der Waals surface area contributed by atoms with Gasteiger partial charge in [-0.25, -0.2) is 9.18 Å². The van der Waals surface area contributed by atoms with E-state index in [1.54, 1.807) is 6.07 Å². The van der Waals surface area contributed by atoms with Crippen molar-refractivity contribution in [2.75, 3.05) is 17.7 Å². The van der Waals surface area contributed by atoms with E-state index in [2.05, 4.69) is 49.4 Å². The van der Waals surface area contributed by atoms with E-state index in [4.69, 9.17) is 17.0 Å². The number of thiocarbonyl (C=S) groups is 1. The van der Waals surface area contributed by atoms with Gasteiger partial charge in [0.2, 0.25) is 0 Å². The Labute approximate surface area is 183 Å². The highest BCUT2D eigenvalue weighted by Crippen LogP contribution is 2.40. The number of esters is 1. The van der Waals surface area contributed by atoms with Crippen LogP contribution in [0.25, 0.3) is 0 Å². The summed E-state index contributed by atoms with van der Waals surface area (Å²) in [5, 5.41) is 6.75. The van der Waals surface area contributed by atoms with Gasteiger partial charge in [0, 0.05) is 13.8 Å². The maximum absolute atomic E-state index is 14.2. The van der Waals surface area contributed by atoms with Crippen molar-refractivity contribution in [2.24, 2.45) is 5.92 Å². The number of anilines is 2. The number of rotatable bonds is 3. The Morgan fingerprint density at radius 2 is 2.11 bits per heavy atom. The Bertz CT molecular complexity index is 894. The number of hydrogen-bond donors (Lipinski definition) is 2. The maximum atomic E-state index is 14.2. The van der Waals surface area contributed by atoms with Gasteiger partial charge in [-0.1, -0.05) is 22.9 Å². The Morgan fingerprint density at radius 1 is 1.37 bits per heavy atom. The number of fused-ring (bicyclic) bond motifs is 1. The van der Waals surface area contributed by atoms with E-state index in [1.165, 1.54) is 29.4 Å². The number of nitrogens with one attached hydrogen (secondary N) is 2. The molecule has 1 aromatic heterocycles. The van der Waals surface area contributed by atoms with E-state index < -0.39 is 5.82 Å². The predicted molar refractivity (Wildman–Crippen MR) is 118 cm³/mol. The summed E-state index contributed by atoms with van der Waals surface area (Å²) in [6.07, 6.45) is 2.80. The van der Waals surface area contributed by atoms with Crippen LogP contribution < -0.4 is 10.6 Å². The molecule has 3 rings (SSSR count). The number of methoxy groups -OCH3 is 1. The van der Waals surface area contributed by atoms with Crippen molar-refractivity contribution >= 4 is 77.2 Å². The fourth-order valence-corrected chi connectivity index (χ4v) is 6.01. The van der Waals surface area contributed by atoms with E-state index >= 15 is 0 Å². The van der Waals surface area contributed by atoms with Crippen LogP contribution in [0.1, 0.15) is 34.1 Å². The molecule has 1 heterocycles. The van der Waals surface area contributed by atoms with Crippen LogP contribution in [-0.2, 0) is 17.6 Å². The van der Waals surface area contributed by atoms with Crippen molar-refractivity contribution in [3.63, 3.8) is 0 Å². The molecule has 9 heteroatoms. The van der Waals surface area contributed by atoms with Crippen molar-refractivity contribution in [3.8, 4) is 0 Å². The lowest BCUT2D eigenvalue weighted by atomic mass is 9.88. The van der Waals surface area contributed by atoms with Crippen LogP contribution >= 0.6 is 55.4 Å².